The summed E-state index contributed by atoms with van der Waals surface area (Å²) in [5.74, 6) is -0.529. The fourth-order valence-electron chi connectivity index (χ4n) is 1.63. The van der Waals surface area contributed by atoms with Gasteiger partial charge in [0.25, 0.3) is 0 Å². The van der Waals surface area contributed by atoms with Crippen LogP contribution in [0.3, 0.4) is 0 Å². The lowest BCUT2D eigenvalue weighted by Crippen LogP contribution is -2.26. The second kappa shape index (κ2) is 5.79. The summed E-state index contributed by atoms with van der Waals surface area (Å²) in [5, 5.41) is 8.71. The summed E-state index contributed by atoms with van der Waals surface area (Å²) in [4.78, 5) is 20.5. The maximum atomic E-state index is 10.6. The normalized spacial score (nSPS) is 10.2. The number of rotatable bonds is 4. The predicted octanol–water partition coefficient (Wildman–Crippen LogP) is 2.43. The Morgan fingerprint density at radius 2 is 1.95 bits per heavy atom. The first kappa shape index (κ1) is 13.5. The van der Waals surface area contributed by atoms with Crippen molar-refractivity contribution in [3.05, 3.63) is 41.1 Å². The van der Waals surface area contributed by atoms with Gasteiger partial charge in [-0.25, -0.2) is 9.97 Å². The number of aromatic nitrogens is 2. The van der Waals surface area contributed by atoms with E-state index in [-0.39, 0.29) is 6.54 Å². The Kier molecular flexibility index (Phi) is 4.11. The van der Waals surface area contributed by atoms with Gasteiger partial charge in [-0.05, 0) is 11.6 Å². The van der Waals surface area contributed by atoms with Crippen molar-refractivity contribution < 1.29 is 9.90 Å². The van der Waals surface area contributed by atoms with E-state index in [0.29, 0.717) is 5.95 Å². The molecule has 0 aliphatic rings. The first-order chi connectivity index (χ1) is 9.08. The van der Waals surface area contributed by atoms with Gasteiger partial charge in [0.15, 0.2) is 0 Å². The molecule has 1 N–H and O–H groups in total. The Morgan fingerprint density at radius 3 is 2.53 bits per heavy atom. The van der Waals surface area contributed by atoms with E-state index in [9.17, 15) is 4.79 Å². The molecule has 1 heterocycles. The van der Waals surface area contributed by atoms with Crippen LogP contribution < -0.4 is 4.90 Å². The Balaban J connectivity index is 2.24. The molecule has 2 aromatic rings. The van der Waals surface area contributed by atoms with Gasteiger partial charge in [-0.1, -0.05) is 34.1 Å². The molecule has 0 bridgehead atoms. The monoisotopic (exact) mass is 321 g/mol. The number of carboxylic acid groups (broad SMARTS) is 1. The molecule has 0 atom stereocenters. The average molecular weight is 322 g/mol. The molecule has 1 aromatic carbocycles. The molecular formula is C13H12BrN3O2. The molecule has 6 heteroatoms. The summed E-state index contributed by atoms with van der Waals surface area (Å²) in [7, 11) is 1.64. The van der Waals surface area contributed by atoms with Crippen LogP contribution in [0.25, 0.3) is 11.1 Å². The van der Waals surface area contributed by atoms with Gasteiger partial charge in [0.2, 0.25) is 5.95 Å². The number of hydrogen-bond acceptors (Lipinski definition) is 4. The summed E-state index contributed by atoms with van der Waals surface area (Å²) in [6.45, 7) is -0.131. The van der Waals surface area contributed by atoms with Crippen LogP contribution in [0, 0.1) is 0 Å². The molecule has 0 saturated carbocycles. The van der Waals surface area contributed by atoms with Crippen molar-refractivity contribution in [3.8, 4) is 11.1 Å². The zero-order valence-electron chi connectivity index (χ0n) is 10.2. The van der Waals surface area contributed by atoms with Crippen molar-refractivity contribution >= 4 is 27.8 Å². The van der Waals surface area contributed by atoms with Crippen molar-refractivity contribution in [2.75, 3.05) is 18.5 Å². The molecule has 98 valence electrons. The number of benzene rings is 1. The van der Waals surface area contributed by atoms with Gasteiger partial charge in [0.1, 0.15) is 6.54 Å². The Morgan fingerprint density at radius 1 is 1.32 bits per heavy atom. The number of anilines is 1. The van der Waals surface area contributed by atoms with E-state index in [2.05, 4.69) is 25.9 Å². The van der Waals surface area contributed by atoms with E-state index in [1.54, 1.807) is 19.4 Å². The first-order valence-electron chi connectivity index (χ1n) is 5.58. The van der Waals surface area contributed by atoms with Crippen molar-refractivity contribution in [2.24, 2.45) is 0 Å². The number of aliphatic carboxylic acids is 1. The molecule has 0 spiro atoms. The lowest BCUT2D eigenvalue weighted by molar-refractivity contribution is -0.135. The molecule has 5 nitrogen and oxygen atoms in total. The molecule has 0 unspecified atom stereocenters. The highest BCUT2D eigenvalue weighted by atomic mass is 79.9. The minimum Gasteiger partial charge on any atom is -0.480 e. The van der Waals surface area contributed by atoms with Gasteiger partial charge in [0.05, 0.1) is 0 Å². The third-order valence-corrected chi connectivity index (χ3v) is 3.23. The number of nitrogens with zero attached hydrogens (tertiary/aromatic N) is 3. The third kappa shape index (κ3) is 3.29. The fourth-order valence-corrected chi connectivity index (χ4v) is 2.14. The van der Waals surface area contributed by atoms with Crippen LogP contribution in [0.15, 0.2) is 41.1 Å². The maximum absolute atomic E-state index is 10.6. The second-order valence-corrected chi connectivity index (χ2v) is 4.86. The predicted molar refractivity (Wildman–Crippen MR) is 76.1 cm³/mol. The van der Waals surface area contributed by atoms with Crippen LogP contribution in [-0.4, -0.2) is 34.6 Å². The van der Waals surface area contributed by atoms with Crippen LogP contribution in [0.1, 0.15) is 0 Å². The average Bonchev–Trinajstić information content (AvgIpc) is 2.39. The number of likely N-dealkylation sites (N-methyl/N-ethyl adjacent to an activating group) is 1. The van der Waals surface area contributed by atoms with E-state index in [0.717, 1.165) is 15.6 Å². The lowest BCUT2D eigenvalue weighted by atomic mass is 10.1. The molecule has 1 aromatic heterocycles. The summed E-state index contributed by atoms with van der Waals surface area (Å²) in [6.07, 6.45) is 3.36. The highest BCUT2D eigenvalue weighted by Crippen LogP contribution is 2.27. The molecule has 0 aliphatic heterocycles. The zero-order valence-corrected chi connectivity index (χ0v) is 11.8. The molecule has 0 aliphatic carbocycles. The third-order valence-electron chi connectivity index (χ3n) is 2.54. The minimum atomic E-state index is -0.916. The lowest BCUT2D eigenvalue weighted by Gasteiger charge is -2.14. The Labute approximate surface area is 119 Å². The summed E-state index contributed by atoms with van der Waals surface area (Å²) in [6, 6.07) is 7.78. The van der Waals surface area contributed by atoms with E-state index < -0.39 is 5.97 Å². The zero-order chi connectivity index (χ0) is 13.8. The van der Waals surface area contributed by atoms with Gasteiger partial charge in [-0.15, -0.1) is 0 Å². The molecule has 2 rings (SSSR count). The van der Waals surface area contributed by atoms with Gasteiger partial charge in [0, 0.05) is 29.5 Å². The minimum absolute atomic E-state index is 0.131. The van der Waals surface area contributed by atoms with E-state index in [4.69, 9.17) is 5.11 Å². The molecule has 0 fully saturated rings. The Bertz CT molecular complexity index is 587. The highest BCUT2D eigenvalue weighted by Gasteiger charge is 2.09. The van der Waals surface area contributed by atoms with Crippen molar-refractivity contribution in [2.45, 2.75) is 0 Å². The summed E-state index contributed by atoms with van der Waals surface area (Å²) >= 11 is 3.47. The topological polar surface area (TPSA) is 66.3 Å². The highest BCUT2D eigenvalue weighted by molar-refractivity contribution is 9.10. The van der Waals surface area contributed by atoms with Crippen LogP contribution in [0.4, 0.5) is 5.95 Å². The van der Waals surface area contributed by atoms with Crippen molar-refractivity contribution in [3.63, 3.8) is 0 Å². The Hall–Kier alpha value is -1.95. The summed E-state index contributed by atoms with van der Waals surface area (Å²) < 4.78 is 0.963. The van der Waals surface area contributed by atoms with Crippen molar-refractivity contribution in [1.82, 2.24) is 9.97 Å². The second-order valence-electron chi connectivity index (χ2n) is 4.00. The van der Waals surface area contributed by atoms with Gasteiger partial charge in [-0.2, -0.15) is 0 Å². The fraction of sp³-hybridized carbons (Fsp3) is 0.154. The van der Waals surface area contributed by atoms with Crippen LogP contribution >= 0.6 is 15.9 Å². The number of hydrogen-bond donors (Lipinski definition) is 1. The molecule has 0 amide bonds. The van der Waals surface area contributed by atoms with E-state index in [1.165, 1.54) is 4.90 Å². The smallest absolute Gasteiger partial charge is 0.323 e. The van der Waals surface area contributed by atoms with Crippen LogP contribution in [-0.2, 0) is 4.79 Å². The van der Waals surface area contributed by atoms with Gasteiger partial charge < -0.3 is 10.0 Å². The quantitative estimate of drug-likeness (QED) is 0.936. The molecule has 0 saturated heterocycles. The van der Waals surface area contributed by atoms with Gasteiger partial charge >= 0.3 is 5.97 Å². The number of carbonyl (C=O) groups is 1. The largest absolute Gasteiger partial charge is 0.480 e. The van der Waals surface area contributed by atoms with Crippen LogP contribution in [0.2, 0.25) is 0 Å². The van der Waals surface area contributed by atoms with E-state index >= 15 is 0 Å². The first-order valence-corrected chi connectivity index (χ1v) is 6.37. The standard InChI is InChI=1S/C13H12BrN3O2/c1-17(8-12(18)19)13-15-6-9(7-16-13)10-4-2-3-5-11(10)14/h2-7H,8H2,1H3,(H,18,19). The molecule has 19 heavy (non-hydrogen) atoms. The number of halogens is 1. The van der Waals surface area contributed by atoms with Crippen LogP contribution in [0.5, 0.6) is 0 Å². The van der Waals surface area contributed by atoms with Gasteiger partial charge in [-0.3, -0.25) is 4.79 Å². The number of carboxylic acids is 1. The molecule has 0 radical (unpaired) electrons. The maximum Gasteiger partial charge on any atom is 0.323 e. The molecular weight excluding hydrogens is 310 g/mol. The van der Waals surface area contributed by atoms with E-state index in [1.807, 2.05) is 24.3 Å². The SMILES string of the molecule is CN(CC(=O)O)c1ncc(-c2ccccc2Br)cn1. The van der Waals surface area contributed by atoms with Crippen molar-refractivity contribution in [1.29, 1.82) is 0 Å². The summed E-state index contributed by atoms with van der Waals surface area (Å²) in [5.41, 5.74) is 1.87.